The summed E-state index contributed by atoms with van der Waals surface area (Å²) in [7, 11) is 0. The van der Waals surface area contributed by atoms with E-state index >= 15 is 0 Å². The van der Waals surface area contributed by atoms with Gasteiger partial charge in [0.1, 0.15) is 18.4 Å². The molecule has 0 fully saturated rings. The van der Waals surface area contributed by atoms with Gasteiger partial charge in [-0.1, -0.05) is 0 Å². The van der Waals surface area contributed by atoms with Crippen molar-refractivity contribution in [3.8, 4) is 5.75 Å². The Balaban J connectivity index is 2.40. The van der Waals surface area contributed by atoms with E-state index in [-0.39, 0.29) is 12.4 Å². The van der Waals surface area contributed by atoms with Crippen LogP contribution in [0.3, 0.4) is 0 Å². The van der Waals surface area contributed by atoms with Crippen LogP contribution >= 0.6 is 0 Å². The molecule has 88 valence electrons. The molecular formula is C10H11N5O2. The molecule has 7 heteroatoms. The highest BCUT2D eigenvalue weighted by Gasteiger charge is 2.09. The normalized spacial score (nSPS) is 11.2. The second kappa shape index (κ2) is 4.71. The lowest BCUT2D eigenvalue weighted by Gasteiger charge is -2.06. The molecule has 0 aliphatic heterocycles. The summed E-state index contributed by atoms with van der Waals surface area (Å²) < 4.78 is 1.39. The van der Waals surface area contributed by atoms with Crippen LogP contribution in [0.2, 0.25) is 0 Å². The van der Waals surface area contributed by atoms with E-state index in [1.807, 2.05) is 0 Å². The number of pyridine rings is 1. The Morgan fingerprint density at radius 2 is 2.12 bits per heavy atom. The summed E-state index contributed by atoms with van der Waals surface area (Å²) in [5, 5.41) is 30.2. The minimum atomic E-state index is -0.218. The second-order valence-corrected chi connectivity index (χ2v) is 3.38. The van der Waals surface area contributed by atoms with Gasteiger partial charge >= 0.3 is 0 Å². The van der Waals surface area contributed by atoms with Crippen molar-refractivity contribution in [1.82, 2.24) is 19.9 Å². The number of aliphatic hydroxyl groups is 1. The molecule has 0 radical (unpaired) electrons. The van der Waals surface area contributed by atoms with Gasteiger partial charge in [-0.2, -0.15) is 5.10 Å². The lowest BCUT2D eigenvalue weighted by Crippen LogP contribution is -1.99. The van der Waals surface area contributed by atoms with Gasteiger partial charge < -0.3 is 10.2 Å². The van der Waals surface area contributed by atoms with Crippen LogP contribution in [0.4, 0.5) is 0 Å². The van der Waals surface area contributed by atoms with Crippen LogP contribution in [-0.4, -0.2) is 36.3 Å². The van der Waals surface area contributed by atoms with Gasteiger partial charge in [-0.3, -0.25) is 4.98 Å². The van der Waals surface area contributed by atoms with Gasteiger partial charge in [0.05, 0.1) is 18.5 Å². The van der Waals surface area contributed by atoms with E-state index in [0.29, 0.717) is 16.8 Å². The fourth-order valence-corrected chi connectivity index (χ4v) is 1.30. The van der Waals surface area contributed by atoms with Gasteiger partial charge in [0.25, 0.3) is 0 Å². The van der Waals surface area contributed by atoms with E-state index in [1.54, 1.807) is 6.92 Å². The first kappa shape index (κ1) is 11.2. The van der Waals surface area contributed by atoms with Gasteiger partial charge in [-0.25, -0.2) is 4.68 Å². The molecule has 0 aliphatic rings. The van der Waals surface area contributed by atoms with Crippen LogP contribution in [0.15, 0.2) is 24.0 Å². The average molecular weight is 233 g/mol. The Hall–Kier alpha value is -2.28. The van der Waals surface area contributed by atoms with Gasteiger partial charge in [0, 0.05) is 17.3 Å². The summed E-state index contributed by atoms with van der Waals surface area (Å²) >= 11 is 0. The standard InChI is InChI=1S/C10H11N5O2/c1-7-10(17)9(8(4-16)2-11-7)3-14-15-5-12-13-6-15/h2-3,5-6,16-17H,4H2,1H3/b14-3+. The number of hydrogen-bond acceptors (Lipinski definition) is 6. The maximum absolute atomic E-state index is 9.83. The SMILES string of the molecule is Cc1ncc(CO)c(/C=N/n2cnnc2)c1O. The number of hydrogen-bond donors (Lipinski definition) is 2. The quantitative estimate of drug-likeness (QED) is 0.731. The maximum Gasteiger partial charge on any atom is 0.145 e. The Bertz CT molecular complexity index is 536. The van der Waals surface area contributed by atoms with Crippen molar-refractivity contribution < 1.29 is 10.2 Å². The molecular weight excluding hydrogens is 222 g/mol. The number of aromatic nitrogens is 4. The smallest absolute Gasteiger partial charge is 0.145 e. The van der Waals surface area contributed by atoms with E-state index in [2.05, 4.69) is 20.3 Å². The summed E-state index contributed by atoms with van der Waals surface area (Å²) in [6.07, 6.45) is 5.77. The summed E-state index contributed by atoms with van der Waals surface area (Å²) in [6, 6.07) is 0. The van der Waals surface area contributed by atoms with Gasteiger partial charge in [0.15, 0.2) is 0 Å². The van der Waals surface area contributed by atoms with Crippen LogP contribution in [0, 0.1) is 6.92 Å². The van der Waals surface area contributed by atoms with Gasteiger partial charge in [0.2, 0.25) is 0 Å². The van der Waals surface area contributed by atoms with Crippen LogP contribution in [0.5, 0.6) is 5.75 Å². The van der Waals surface area contributed by atoms with E-state index < -0.39 is 0 Å². The van der Waals surface area contributed by atoms with Crippen LogP contribution < -0.4 is 0 Å². The number of rotatable bonds is 3. The molecule has 2 aromatic heterocycles. The van der Waals surface area contributed by atoms with Crippen molar-refractivity contribution in [1.29, 1.82) is 0 Å². The Morgan fingerprint density at radius 3 is 2.76 bits per heavy atom. The van der Waals surface area contributed by atoms with Crippen molar-refractivity contribution in [2.75, 3.05) is 0 Å². The molecule has 0 saturated carbocycles. The number of nitrogens with zero attached hydrogens (tertiary/aromatic N) is 5. The van der Waals surface area contributed by atoms with E-state index in [9.17, 15) is 5.11 Å². The number of aryl methyl sites for hydroxylation is 1. The minimum absolute atomic E-state index is 0.00775. The highest BCUT2D eigenvalue weighted by Crippen LogP contribution is 2.21. The highest BCUT2D eigenvalue weighted by molar-refractivity contribution is 5.85. The molecule has 0 bridgehead atoms. The van der Waals surface area contributed by atoms with Crippen LogP contribution in [0.25, 0.3) is 0 Å². The molecule has 2 rings (SSSR count). The Kier molecular flexibility index (Phi) is 3.10. The van der Waals surface area contributed by atoms with Crippen molar-refractivity contribution in [2.24, 2.45) is 5.10 Å². The molecule has 2 aromatic rings. The fourth-order valence-electron chi connectivity index (χ4n) is 1.30. The summed E-state index contributed by atoms with van der Waals surface area (Å²) in [5.41, 5.74) is 1.42. The second-order valence-electron chi connectivity index (χ2n) is 3.38. The molecule has 17 heavy (non-hydrogen) atoms. The molecule has 2 heterocycles. The Labute approximate surface area is 97.1 Å². The van der Waals surface area contributed by atoms with Crippen molar-refractivity contribution >= 4 is 6.21 Å². The predicted molar refractivity (Wildman–Crippen MR) is 59.6 cm³/mol. The predicted octanol–water partition coefficient (Wildman–Crippen LogP) is 0.0616. The van der Waals surface area contributed by atoms with Gasteiger partial charge in [-0.15, -0.1) is 10.2 Å². The lowest BCUT2D eigenvalue weighted by molar-refractivity contribution is 0.280. The zero-order chi connectivity index (χ0) is 12.3. The first-order chi connectivity index (χ1) is 8.22. The average Bonchev–Trinajstić information content (AvgIpc) is 2.84. The molecule has 0 amide bonds. The largest absolute Gasteiger partial charge is 0.505 e. The minimum Gasteiger partial charge on any atom is -0.505 e. The maximum atomic E-state index is 9.83. The molecule has 0 unspecified atom stereocenters. The third kappa shape index (κ3) is 2.28. The topological polar surface area (TPSA) is 96.4 Å². The summed E-state index contributed by atoms with van der Waals surface area (Å²) in [5.74, 6) is 0.00775. The third-order valence-electron chi connectivity index (χ3n) is 2.25. The fraction of sp³-hybridized carbons (Fsp3) is 0.200. The van der Waals surface area contributed by atoms with E-state index in [1.165, 1.54) is 29.7 Å². The zero-order valence-corrected chi connectivity index (χ0v) is 9.15. The summed E-state index contributed by atoms with van der Waals surface area (Å²) in [6.45, 7) is 1.46. The monoisotopic (exact) mass is 233 g/mol. The first-order valence-corrected chi connectivity index (χ1v) is 4.89. The highest BCUT2D eigenvalue weighted by atomic mass is 16.3. The van der Waals surface area contributed by atoms with Crippen molar-refractivity contribution in [2.45, 2.75) is 13.5 Å². The van der Waals surface area contributed by atoms with Crippen LogP contribution in [0.1, 0.15) is 16.8 Å². The number of aromatic hydroxyl groups is 1. The van der Waals surface area contributed by atoms with Crippen LogP contribution in [-0.2, 0) is 6.61 Å². The van der Waals surface area contributed by atoms with E-state index in [0.717, 1.165) is 0 Å². The van der Waals surface area contributed by atoms with Crippen molar-refractivity contribution in [3.63, 3.8) is 0 Å². The molecule has 0 atom stereocenters. The third-order valence-corrected chi connectivity index (χ3v) is 2.25. The summed E-state index contributed by atoms with van der Waals surface area (Å²) in [4.78, 5) is 3.95. The molecule has 0 aromatic carbocycles. The number of aliphatic hydroxyl groups excluding tert-OH is 1. The molecule has 0 saturated heterocycles. The first-order valence-electron chi connectivity index (χ1n) is 4.89. The zero-order valence-electron chi connectivity index (χ0n) is 9.15. The van der Waals surface area contributed by atoms with E-state index in [4.69, 9.17) is 5.11 Å². The van der Waals surface area contributed by atoms with Crippen molar-refractivity contribution in [3.05, 3.63) is 35.7 Å². The Morgan fingerprint density at radius 1 is 1.41 bits per heavy atom. The molecule has 0 aliphatic carbocycles. The lowest BCUT2D eigenvalue weighted by atomic mass is 10.1. The molecule has 7 nitrogen and oxygen atoms in total. The molecule has 0 spiro atoms. The van der Waals surface area contributed by atoms with Gasteiger partial charge in [-0.05, 0) is 6.92 Å². The molecule has 2 N–H and O–H groups in total.